The van der Waals surface area contributed by atoms with Gasteiger partial charge in [0, 0.05) is 22.2 Å². The topological polar surface area (TPSA) is 98.1 Å². The van der Waals surface area contributed by atoms with Crippen LogP contribution in [-0.4, -0.2) is 39.1 Å². The van der Waals surface area contributed by atoms with E-state index < -0.39 is 18.0 Å². The number of amides is 2. The van der Waals surface area contributed by atoms with Gasteiger partial charge in [0.25, 0.3) is 0 Å². The highest BCUT2D eigenvalue weighted by Gasteiger charge is 2.34. The van der Waals surface area contributed by atoms with Crippen LogP contribution in [0.2, 0.25) is 5.02 Å². The molecule has 0 aliphatic carbocycles. The van der Waals surface area contributed by atoms with Crippen molar-refractivity contribution in [3.63, 3.8) is 0 Å². The van der Waals surface area contributed by atoms with Gasteiger partial charge in [0.15, 0.2) is 5.16 Å². The SMILES string of the molecule is CCOC(=O)C1=C(CSc2nnc(C)n2-c2ccc(C)cc2)NC(=O)NC1c1ccc(Cl)cc1. The van der Waals surface area contributed by atoms with Crippen molar-refractivity contribution in [1.29, 1.82) is 0 Å². The number of ether oxygens (including phenoxy) is 1. The van der Waals surface area contributed by atoms with Crippen molar-refractivity contribution in [1.82, 2.24) is 25.4 Å². The third-order valence-corrected chi connectivity index (χ3v) is 6.49. The Morgan fingerprint density at radius 3 is 2.50 bits per heavy atom. The van der Waals surface area contributed by atoms with E-state index in [2.05, 4.69) is 20.8 Å². The van der Waals surface area contributed by atoms with E-state index >= 15 is 0 Å². The maximum Gasteiger partial charge on any atom is 0.338 e. The van der Waals surface area contributed by atoms with E-state index in [0.717, 1.165) is 22.6 Å². The minimum absolute atomic E-state index is 0.213. The number of esters is 1. The first-order chi connectivity index (χ1) is 16.4. The molecule has 2 N–H and O–H groups in total. The molecule has 1 aromatic heterocycles. The number of hydrogen-bond donors (Lipinski definition) is 2. The molecule has 0 bridgehead atoms. The standard InChI is InChI=1S/C24H24ClN5O3S/c1-4-33-22(31)20-19(26-23(32)27-21(20)16-7-9-17(25)10-8-16)13-34-24-29-28-15(3)30(24)18-11-5-14(2)6-12-18/h5-12,21H,4,13H2,1-3H3,(H2,26,27,32). The van der Waals surface area contributed by atoms with Crippen molar-refractivity contribution in [2.24, 2.45) is 0 Å². The number of carbonyl (C=O) groups excluding carboxylic acids is 2. The summed E-state index contributed by atoms with van der Waals surface area (Å²) in [7, 11) is 0. The Morgan fingerprint density at radius 2 is 1.82 bits per heavy atom. The molecular formula is C24H24ClN5O3S. The van der Waals surface area contributed by atoms with Crippen molar-refractivity contribution in [2.75, 3.05) is 12.4 Å². The number of rotatable bonds is 7. The Balaban J connectivity index is 1.69. The molecule has 1 aliphatic heterocycles. The van der Waals surface area contributed by atoms with E-state index in [1.165, 1.54) is 11.8 Å². The molecule has 0 saturated heterocycles. The summed E-state index contributed by atoms with van der Waals surface area (Å²) in [6.45, 7) is 5.86. The van der Waals surface area contributed by atoms with Gasteiger partial charge >= 0.3 is 12.0 Å². The number of benzene rings is 2. The van der Waals surface area contributed by atoms with Gasteiger partial charge in [-0.3, -0.25) is 4.57 Å². The molecule has 4 rings (SSSR count). The Morgan fingerprint density at radius 1 is 1.12 bits per heavy atom. The molecule has 0 fully saturated rings. The predicted molar refractivity (Wildman–Crippen MR) is 131 cm³/mol. The van der Waals surface area contributed by atoms with Crippen molar-refractivity contribution in [2.45, 2.75) is 32.0 Å². The van der Waals surface area contributed by atoms with Gasteiger partial charge in [0.2, 0.25) is 0 Å². The highest BCUT2D eigenvalue weighted by molar-refractivity contribution is 7.99. The Labute approximate surface area is 206 Å². The number of thioether (sulfide) groups is 1. The van der Waals surface area contributed by atoms with Crippen LogP contribution in [0.1, 0.15) is 29.9 Å². The minimum Gasteiger partial charge on any atom is -0.463 e. The molecule has 2 heterocycles. The molecule has 1 atom stereocenters. The predicted octanol–water partition coefficient (Wildman–Crippen LogP) is 4.50. The summed E-state index contributed by atoms with van der Waals surface area (Å²) in [6, 6.07) is 14.0. The molecule has 1 aliphatic rings. The maximum atomic E-state index is 13.0. The highest BCUT2D eigenvalue weighted by Crippen LogP contribution is 2.31. The summed E-state index contributed by atoms with van der Waals surface area (Å²) in [5.74, 6) is 0.524. The van der Waals surface area contributed by atoms with Gasteiger partial charge < -0.3 is 15.4 Å². The van der Waals surface area contributed by atoms with Crippen LogP contribution in [0, 0.1) is 13.8 Å². The number of urea groups is 1. The fourth-order valence-electron chi connectivity index (χ4n) is 3.65. The molecule has 176 valence electrons. The fraction of sp³-hybridized carbons (Fsp3) is 0.250. The normalized spacial score (nSPS) is 15.6. The largest absolute Gasteiger partial charge is 0.463 e. The second kappa shape index (κ2) is 10.3. The van der Waals surface area contributed by atoms with Gasteiger partial charge in [0.1, 0.15) is 5.82 Å². The lowest BCUT2D eigenvalue weighted by atomic mass is 9.95. The van der Waals surface area contributed by atoms with Crippen molar-refractivity contribution in [3.8, 4) is 5.69 Å². The van der Waals surface area contributed by atoms with E-state index in [1.54, 1.807) is 31.2 Å². The molecule has 3 aromatic rings. The lowest BCUT2D eigenvalue weighted by molar-refractivity contribution is -0.139. The molecule has 1 unspecified atom stereocenters. The molecule has 0 spiro atoms. The molecule has 0 saturated carbocycles. The van der Waals surface area contributed by atoms with Crippen LogP contribution in [0.15, 0.2) is 65.0 Å². The van der Waals surface area contributed by atoms with Gasteiger partial charge in [-0.05, 0) is 50.6 Å². The molecule has 2 amide bonds. The summed E-state index contributed by atoms with van der Waals surface area (Å²) in [5.41, 5.74) is 3.61. The van der Waals surface area contributed by atoms with Gasteiger partial charge in [-0.25, -0.2) is 9.59 Å². The zero-order valence-corrected chi connectivity index (χ0v) is 20.5. The van der Waals surface area contributed by atoms with Gasteiger partial charge in [-0.1, -0.05) is 53.2 Å². The molecule has 10 heteroatoms. The maximum absolute atomic E-state index is 13.0. The van der Waals surface area contributed by atoms with Crippen LogP contribution in [0.3, 0.4) is 0 Å². The molecule has 8 nitrogen and oxygen atoms in total. The zero-order valence-electron chi connectivity index (χ0n) is 19.0. The molecular weight excluding hydrogens is 474 g/mol. The summed E-state index contributed by atoms with van der Waals surface area (Å²) in [6.07, 6.45) is 0. The Hall–Kier alpha value is -3.30. The molecule has 0 radical (unpaired) electrons. The van der Waals surface area contributed by atoms with E-state index in [4.69, 9.17) is 16.3 Å². The van der Waals surface area contributed by atoms with Crippen molar-refractivity contribution < 1.29 is 14.3 Å². The zero-order chi connectivity index (χ0) is 24.2. The number of hydrogen-bond acceptors (Lipinski definition) is 6. The number of nitrogens with zero attached hydrogens (tertiary/aromatic N) is 3. The number of aromatic nitrogens is 3. The average Bonchev–Trinajstić information content (AvgIpc) is 3.18. The minimum atomic E-state index is -0.669. The summed E-state index contributed by atoms with van der Waals surface area (Å²) >= 11 is 7.40. The van der Waals surface area contributed by atoms with Crippen molar-refractivity contribution >= 4 is 35.4 Å². The van der Waals surface area contributed by atoms with Crippen LogP contribution < -0.4 is 10.6 Å². The summed E-state index contributed by atoms with van der Waals surface area (Å²) < 4.78 is 7.26. The van der Waals surface area contributed by atoms with Gasteiger partial charge in [0.05, 0.1) is 18.2 Å². The number of nitrogens with one attached hydrogen (secondary N) is 2. The quantitative estimate of drug-likeness (QED) is 0.368. The fourth-order valence-corrected chi connectivity index (χ4v) is 4.74. The van der Waals surface area contributed by atoms with Crippen LogP contribution in [0.4, 0.5) is 4.79 Å². The lowest BCUT2D eigenvalue weighted by Crippen LogP contribution is -2.46. The Kier molecular flexibility index (Phi) is 7.23. The summed E-state index contributed by atoms with van der Waals surface area (Å²) in [4.78, 5) is 25.5. The Bertz CT molecular complexity index is 1240. The highest BCUT2D eigenvalue weighted by atomic mass is 35.5. The van der Waals surface area contributed by atoms with Crippen LogP contribution >= 0.6 is 23.4 Å². The van der Waals surface area contributed by atoms with Crippen LogP contribution in [0.5, 0.6) is 0 Å². The monoisotopic (exact) mass is 497 g/mol. The lowest BCUT2D eigenvalue weighted by Gasteiger charge is -2.29. The van der Waals surface area contributed by atoms with E-state index in [-0.39, 0.29) is 12.4 Å². The first kappa shape index (κ1) is 23.8. The van der Waals surface area contributed by atoms with E-state index in [0.29, 0.717) is 21.4 Å². The van der Waals surface area contributed by atoms with Crippen molar-refractivity contribution in [3.05, 3.63) is 81.8 Å². The third-order valence-electron chi connectivity index (χ3n) is 5.29. The number of carbonyl (C=O) groups is 2. The number of aryl methyl sites for hydroxylation is 2. The molecule has 34 heavy (non-hydrogen) atoms. The van der Waals surface area contributed by atoms with Gasteiger partial charge in [-0.15, -0.1) is 10.2 Å². The van der Waals surface area contributed by atoms with Crippen LogP contribution in [-0.2, 0) is 9.53 Å². The first-order valence-corrected chi connectivity index (χ1v) is 12.1. The first-order valence-electron chi connectivity index (χ1n) is 10.7. The third kappa shape index (κ3) is 5.10. The van der Waals surface area contributed by atoms with Crippen LogP contribution in [0.25, 0.3) is 5.69 Å². The summed E-state index contributed by atoms with van der Waals surface area (Å²) in [5, 5.41) is 15.3. The molecule has 2 aromatic carbocycles. The smallest absolute Gasteiger partial charge is 0.338 e. The average molecular weight is 498 g/mol. The second-order valence-corrected chi connectivity index (χ2v) is 9.06. The number of halogens is 1. The van der Waals surface area contributed by atoms with E-state index in [1.807, 2.05) is 42.7 Å². The second-order valence-electron chi connectivity index (χ2n) is 7.69. The van der Waals surface area contributed by atoms with Gasteiger partial charge in [-0.2, -0.15) is 0 Å². The van der Waals surface area contributed by atoms with E-state index in [9.17, 15) is 9.59 Å².